The second kappa shape index (κ2) is 6.05. The lowest BCUT2D eigenvalue weighted by Crippen LogP contribution is -2.33. The van der Waals surface area contributed by atoms with Crippen LogP contribution in [0.3, 0.4) is 0 Å². The first-order valence-electron chi connectivity index (χ1n) is 8.13. The topological polar surface area (TPSA) is 63.1 Å². The number of nitrogens with one attached hydrogen (secondary N) is 1. The maximum absolute atomic E-state index is 13.2. The van der Waals surface area contributed by atoms with Crippen molar-refractivity contribution in [2.45, 2.75) is 31.2 Å². The number of halogens is 3. The van der Waals surface area contributed by atoms with Gasteiger partial charge in [0.1, 0.15) is 12.2 Å². The summed E-state index contributed by atoms with van der Waals surface area (Å²) in [6, 6.07) is 1.12. The molecule has 0 bridgehead atoms. The van der Waals surface area contributed by atoms with Crippen molar-refractivity contribution < 1.29 is 18.0 Å². The molecule has 1 aromatic heterocycles. The van der Waals surface area contributed by atoms with Gasteiger partial charge in [-0.3, -0.25) is 0 Å². The maximum Gasteiger partial charge on any atom is 0.321 e. The van der Waals surface area contributed by atoms with Gasteiger partial charge in [-0.25, -0.2) is 18.0 Å². The number of benzene rings is 1. The molecular formula is C16H16F3N5O. The average Bonchev–Trinajstić information content (AvgIpc) is 3.11. The van der Waals surface area contributed by atoms with Crippen LogP contribution in [0.1, 0.15) is 37.0 Å². The Labute approximate surface area is 141 Å². The summed E-state index contributed by atoms with van der Waals surface area (Å²) in [5.41, 5.74) is -0.118. The molecule has 1 unspecified atom stereocenters. The molecule has 1 saturated carbocycles. The molecule has 1 aliphatic carbocycles. The largest absolute Gasteiger partial charge is 0.322 e. The summed E-state index contributed by atoms with van der Waals surface area (Å²) in [5.74, 6) is -2.83. The molecule has 2 aromatic rings. The predicted molar refractivity (Wildman–Crippen MR) is 82.6 cm³/mol. The molecule has 1 aliphatic heterocycles. The lowest BCUT2D eigenvalue weighted by molar-refractivity contribution is 0.220. The lowest BCUT2D eigenvalue weighted by atomic mass is 10.2. The van der Waals surface area contributed by atoms with Crippen LogP contribution in [0.15, 0.2) is 18.5 Å². The van der Waals surface area contributed by atoms with E-state index in [0.717, 1.165) is 37.2 Å². The first-order valence-corrected chi connectivity index (χ1v) is 8.13. The molecule has 1 N–H and O–H groups in total. The number of rotatable bonds is 3. The molecule has 9 heteroatoms. The van der Waals surface area contributed by atoms with E-state index in [4.69, 9.17) is 0 Å². The van der Waals surface area contributed by atoms with Crippen molar-refractivity contribution in [2.75, 3.05) is 18.4 Å². The number of amides is 2. The zero-order chi connectivity index (χ0) is 17.6. The van der Waals surface area contributed by atoms with E-state index in [1.807, 2.05) is 4.57 Å². The van der Waals surface area contributed by atoms with Crippen molar-refractivity contribution in [3.05, 3.63) is 41.7 Å². The van der Waals surface area contributed by atoms with Crippen LogP contribution in [-0.4, -0.2) is 38.8 Å². The number of hydrogen-bond donors (Lipinski definition) is 1. The van der Waals surface area contributed by atoms with Gasteiger partial charge in [0.15, 0.2) is 17.5 Å². The molecule has 0 radical (unpaired) electrons. The van der Waals surface area contributed by atoms with Gasteiger partial charge in [0.2, 0.25) is 0 Å². The minimum Gasteiger partial charge on any atom is -0.322 e. The fourth-order valence-corrected chi connectivity index (χ4v) is 3.15. The van der Waals surface area contributed by atoms with Crippen molar-refractivity contribution >= 4 is 11.7 Å². The van der Waals surface area contributed by atoms with Gasteiger partial charge in [0.05, 0.1) is 6.04 Å². The normalized spacial score (nSPS) is 20.1. The Morgan fingerprint density at radius 1 is 1.16 bits per heavy atom. The van der Waals surface area contributed by atoms with E-state index in [2.05, 4.69) is 15.5 Å². The fourth-order valence-electron chi connectivity index (χ4n) is 3.15. The molecule has 1 aromatic carbocycles. The van der Waals surface area contributed by atoms with Gasteiger partial charge in [0, 0.05) is 36.8 Å². The highest BCUT2D eigenvalue weighted by molar-refractivity contribution is 5.89. The summed E-state index contributed by atoms with van der Waals surface area (Å²) in [7, 11) is 0. The molecule has 2 amide bonds. The van der Waals surface area contributed by atoms with E-state index in [1.54, 1.807) is 11.2 Å². The minimum absolute atomic E-state index is 0.0815. The molecule has 2 aliphatic rings. The van der Waals surface area contributed by atoms with Crippen LogP contribution in [0.2, 0.25) is 0 Å². The van der Waals surface area contributed by atoms with E-state index in [1.165, 1.54) is 0 Å². The Bertz CT molecular complexity index is 797. The Morgan fingerprint density at radius 2 is 1.88 bits per heavy atom. The second-order valence-electron chi connectivity index (χ2n) is 6.44. The summed E-state index contributed by atoms with van der Waals surface area (Å²) in [6.45, 7) is 0.959. The van der Waals surface area contributed by atoms with Gasteiger partial charge in [0.25, 0.3) is 0 Å². The highest BCUT2D eigenvalue weighted by atomic mass is 19.2. The third-order valence-corrected chi connectivity index (χ3v) is 4.62. The number of urea groups is 1. The maximum atomic E-state index is 13.2. The zero-order valence-corrected chi connectivity index (χ0v) is 13.3. The van der Waals surface area contributed by atoms with Gasteiger partial charge < -0.3 is 14.8 Å². The molecule has 25 heavy (non-hydrogen) atoms. The highest BCUT2D eigenvalue weighted by Gasteiger charge is 2.34. The molecule has 0 spiro atoms. The van der Waals surface area contributed by atoms with Crippen molar-refractivity contribution in [1.82, 2.24) is 19.7 Å². The molecule has 2 heterocycles. The van der Waals surface area contributed by atoms with Crippen molar-refractivity contribution in [3.8, 4) is 0 Å². The third-order valence-electron chi connectivity index (χ3n) is 4.62. The van der Waals surface area contributed by atoms with Gasteiger partial charge in [-0.15, -0.1) is 10.2 Å². The van der Waals surface area contributed by atoms with Gasteiger partial charge in [-0.2, -0.15) is 0 Å². The van der Waals surface area contributed by atoms with Gasteiger partial charge in [-0.1, -0.05) is 0 Å². The molecule has 1 saturated heterocycles. The fraction of sp³-hybridized carbons (Fsp3) is 0.438. The number of aromatic nitrogens is 3. The number of carbonyl (C=O) groups excluding carboxylic acids is 1. The summed E-state index contributed by atoms with van der Waals surface area (Å²) in [6.07, 6.45) is 4.65. The Morgan fingerprint density at radius 3 is 2.56 bits per heavy atom. The molecule has 1 atom stereocenters. The first-order chi connectivity index (χ1) is 12.0. The van der Waals surface area contributed by atoms with Crippen molar-refractivity contribution in [2.24, 2.45) is 0 Å². The summed E-state index contributed by atoms with van der Waals surface area (Å²) in [4.78, 5) is 13.9. The molecular weight excluding hydrogens is 335 g/mol. The number of nitrogens with zero attached hydrogens (tertiary/aromatic N) is 4. The van der Waals surface area contributed by atoms with Crippen LogP contribution < -0.4 is 5.32 Å². The quantitative estimate of drug-likeness (QED) is 0.865. The Kier molecular flexibility index (Phi) is 3.85. The number of anilines is 1. The van der Waals surface area contributed by atoms with Crippen LogP contribution in [0.25, 0.3) is 0 Å². The monoisotopic (exact) mass is 351 g/mol. The number of likely N-dealkylation sites (tertiary alicyclic amines) is 1. The Hall–Kier alpha value is -2.58. The zero-order valence-electron chi connectivity index (χ0n) is 13.3. The highest BCUT2D eigenvalue weighted by Crippen LogP contribution is 2.40. The molecule has 4 rings (SSSR count). The van der Waals surface area contributed by atoms with E-state index in [-0.39, 0.29) is 11.7 Å². The van der Waals surface area contributed by atoms with Crippen molar-refractivity contribution in [3.63, 3.8) is 0 Å². The van der Waals surface area contributed by atoms with E-state index in [0.29, 0.717) is 19.0 Å². The molecule has 2 fully saturated rings. The van der Waals surface area contributed by atoms with Gasteiger partial charge in [-0.05, 0) is 19.3 Å². The SMILES string of the molecule is O=C(Nc1cc(F)c(F)c(F)c1)N1CCC(n2cnnc2C2CC2)C1. The standard InChI is InChI=1S/C16H16F3N5O/c17-12-5-10(6-13(18)14(12)19)21-16(25)23-4-3-11(7-23)24-8-20-22-15(24)9-1-2-9/h5-6,8-9,11H,1-4,7H2,(H,21,25). The van der Waals surface area contributed by atoms with E-state index < -0.39 is 23.5 Å². The number of carbonyl (C=O) groups is 1. The van der Waals surface area contributed by atoms with Crippen LogP contribution in [0, 0.1) is 17.5 Å². The van der Waals surface area contributed by atoms with Crippen molar-refractivity contribution in [1.29, 1.82) is 0 Å². The Balaban J connectivity index is 1.43. The first kappa shape index (κ1) is 15.9. The van der Waals surface area contributed by atoms with Crippen LogP contribution in [-0.2, 0) is 0 Å². The lowest BCUT2D eigenvalue weighted by Gasteiger charge is -2.18. The summed E-state index contributed by atoms with van der Waals surface area (Å²) >= 11 is 0. The van der Waals surface area contributed by atoms with E-state index in [9.17, 15) is 18.0 Å². The van der Waals surface area contributed by atoms with Crippen LogP contribution >= 0.6 is 0 Å². The second-order valence-corrected chi connectivity index (χ2v) is 6.44. The summed E-state index contributed by atoms with van der Waals surface area (Å²) < 4.78 is 41.5. The number of hydrogen-bond acceptors (Lipinski definition) is 3. The average molecular weight is 351 g/mol. The third kappa shape index (κ3) is 3.06. The molecule has 132 valence electrons. The van der Waals surface area contributed by atoms with Gasteiger partial charge >= 0.3 is 6.03 Å². The molecule has 6 nitrogen and oxygen atoms in total. The minimum atomic E-state index is -1.56. The predicted octanol–water partition coefficient (Wildman–Crippen LogP) is 3.05. The summed E-state index contributed by atoms with van der Waals surface area (Å²) in [5, 5.41) is 10.5. The smallest absolute Gasteiger partial charge is 0.321 e. The van der Waals surface area contributed by atoms with E-state index >= 15 is 0 Å². The van der Waals surface area contributed by atoms with Crippen LogP contribution in [0.4, 0.5) is 23.7 Å². The van der Waals surface area contributed by atoms with Crippen LogP contribution in [0.5, 0.6) is 0 Å².